The predicted molar refractivity (Wildman–Crippen MR) is 149 cm³/mol. The van der Waals surface area contributed by atoms with Crippen LogP contribution in [0.3, 0.4) is 0 Å². The summed E-state index contributed by atoms with van der Waals surface area (Å²) in [6, 6.07) is 26.8. The van der Waals surface area contributed by atoms with Crippen molar-refractivity contribution in [3.8, 4) is 11.5 Å². The number of hydrogen-bond donors (Lipinski definition) is 0. The first-order chi connectivity index (χ1) is 18.2. The molecule has 194 valence electrons. The van der Waals surface area contributed by atoms with Gasteiger partial charge in [-0.3, -0.25) is 14.6 Å². The van der Waals surface area contributed by atoms with Crippen molar-refractivity contribution in [2.24, 2.45) is 0 Å². The van der Waals surface area contributed by atoms with Crippen molar-refractivity contribution in [1.29, 1.82) is 0 Å². The van der Waals surface area contributed by atoms with E-state index in [2.05, 4.69) is 35.2 Å². The summed E-state index contributed by atoms with van der Waals surface area (Å²) in [5.74, 6) is 1.92. The number of carbonyl (C=O) groups is 1. The summed E-state index contributed by atoms with van der Waals surface area (Å²) in [5, 5.41) is 0. The van der Waals surface area contributed by atoms with E-state index in [1.807, 2.05) is 53.4 Å². The topological polar surface area (TPSA) is 42.0 Å². The van der Waals surface area contributed by atoms with Crippen molar-refractivity contribution in [1.82, 2.24) is 4.90 Å². The normalized spacial score (nSPS) is 22.3. The zero-order valence-corrected chi connectivity index (χ0v) is 22.0. The van der Waals surface area contributed by atoms with Gasteiger partial charge in [0.15, 0.2) is 0 Å². The third-order valence-corrected chi connectivity index (χ3v) is 8.06. The quantitative estimate of drug-likeness (QED) is 0.356. The van der Waals surface area contributed by atoms with Crippen LogP contribution < -0.4 is 14.4 Å². The van der Waals surface area contributed by atoms with Gasteiger partial charge in [0.05, 0.1) is 20.4 Å². The second-order valence-electron chi connectivity index (χ2n) is 10.2. The van der Waals surface area contributed by atoms with Crippen molar-refractivity contribution in [3.63, 3.8) is 0 Å². The SMILES string of the molecule is COc1cccc(C(=O)N(c2cccc(OC)c2)C2CCCCN2[C@@H]2CCCC[C@@H]2c2ccccc2)c1. The Hall–Kier alpha value is -3.31. The van der Waals surface area contributed by atoms with E-state index in [0.29, 0.717) is 23.3 Å². The highest BCUT2D eigenvalue weighted by Gasteiger charge is 2.40. The number of benzene rings is 3. The Morgan fingerprint density at radius 3 is 2.27 bits per heavy atom. The lowest BCUT2D eigenvalue weighted by Crippen LogP contribution is -2.58. The van der Waals surface area contributed by atoms with E-state index in [4.69, 9.17) is 9.47 Å². The number of ether oxygens (including phenoxy) is 2. The highest BCUT2D eigenvalue weighted by molar-refractivity contribution is 6.06. The van der Waals surface area contributed by atoms with E-state index in [0.717, 1.165) is 43.7 Å². The third kappa shape index (κ3) is 5.52. The van der Waals surface area contributed by atoms with Crippen LogP contribution in [-0.2, 0) is 0 Å². The molecule has 0 bridgehead atoms. The molecule has 5 heteroatoms. The summed E-state index contributed by atoms with van der Waals surface area (Å²) in [6.45, 7) is 1.00. The van der Waals surface area contributed by atoms with Crippen LogP contribution >= 0.6 is 0 Å². The molecule has 1 heterocycles. The van der Waals surface area contributed by atoms with E-state index in [1.165, 1.54) is 24.8 Å². The largest absolute Gasteiger partial charge is 0.497 e. The maximum Gasteiger partial charge on any atom is 0.259 e. The highest BCUT2D eigenvalue weighted by atomic mass is 16.5. The van der Waals surface area contributed by atoms with Gasteiger partial charge in [-0.15, -0.1) is 0 Å². The van der Waals surface area contributed by atoms with Crippen LogP contribution in [0.15, 0.2) is 78.9 Å². The van der Waals surface area contributed by atoms with E-state index < -0.39 is 0 Å². The van der Waals surface area contributed by atoms with Crippen LogP contribution in [0, 0.1) is 0 Å². The van der Waals surface area contributed by atoms with Crippen LogP contribution in [0.4, 0.5) is 5.69 Å². The highest BCUT2D eigenvalue weighted by Crippen LogP contribution is 2.40. The lowest BCUT2D eigenvalue weighted by Gasteiger charge is -2.49. The molecule has 0 spiro atoms. The fourth-order valence-electron chi connectivity index (χ4n) is 6.28. The lowest BCUT2D eigenvalue weighted by molar-refractivity contribution is 0.0525. The second-order valence-corrected chi connectivity index (χ2v) is 10.2. The molecule has 0 aromatic heterocycles. The molecule has 5 nitrogen and oxygen atoms in total. The molecule has 37 heavy (non-hydrogen) atoms. The fourth-order valence-corrected chi connectivity index (χ4v) is 6.28. The molecule has 1 amide bonds. The number of nitrogens with zero attached hydrogens (tertiary/aromatic N) is 2. The zero-order valence-electron chi connectivity index (χ0n) is 22.0. The van der Waals surface area contributed by atoms with Gasteiger partial charge in [0, 0.05) is 29.9 Å². The molecule has 0 N–H and O–H groups in total. The van der Waals surface area contributed by atoms with Crippen molar-refractivity contribution in [2.45, 2.75) is 63.1 Å². The minimum absolute atomic E-state index is 0.00359. The molecule has 1 aliphatic heterocycles. The van der Waals surface area contributed by atoms with E-state index in [1.54, 1.807) is 14.2 Å². The molecule has 1 saturated heterocycles. The van der Waals surface area contributed by atoms with Gasteiger partial charge in [-0.1, -0.05) is 55.3 Å². The van der Waals surface area contributed by atoms with Crippen LogP contribution in [0.1, 0.15) is 66.8 Å². The molecule has 5 rings (SSSR count). The maximum atomic E-state index is 14.3. The van der Waals surface area contributed by atoms with Gasteiger partial charge >= 0.3 is 0 Å². The second kappa shape index (κ2) is 11.8. The Morgan fingerprint density at radius 2 is 1.49 bits per heavy atom. The van der Waals surface area contributed by atoms with Crippen molar-refractivity contribution >= 4 is 11.6 Å². The molecule has 2 fully saturated rings. The van der Waals surface area contributed by atoms with Crippen LogP contribution in [0.5, 0.6) is 11.5 Å². The number of anilines is 1. The van der Waals surface area contributed by atoms with Crippen LogP contribution in [0.25, 0.3) is 0 Å². The first-order valence-electron chi connectivity index (χ1n) is 13.6. The zero-order chi connectivity index (χ0) is 25.6. The van der Waals surface area contributed by atoms with Gasteiger partial charge in [-0.25, -0.2) is 0 Å². The molecule has 3 aromatic rings. The van der Waals surface area contributed by atoms with Gasteiger partial charge < -0.3 is 9.47 Å². The minimum Gasteiger partial charge on any atom is -0.497 e. The van der Waals surface area contributed by atoms with E-state index >= 15 is 0 Å². The summed E-state index contributed by atoms with van der Waals surface area (Å²) in [5.41, 5.74) is 2.93. The molecule has 1 aliphatic carbocycles. The maximum absolute atomic E-state index is 14.3. The molecular formula is C32H38N2O3. The number of rotatable bonds is 7. The first-order valence-corrected chi connectivity index (χ1v) is 13.6. The number of methoxy groups -OCH3 is 2. The third-order valence-electron chi connectivity index (χ3n) is 8.06. The van der Waals surface area contributed by atoms with Crippen molar-refractivity contribution < 1.29 is 14.3 Å². The summed E-state index contributed by atoms with van der Waals surface area (Å²) >= 11 is 0. The lowest BCUT2D eigenvalue weighted by atomic mass is 9.78. The number of carbonyl (C=O) groups excluding carboxylic acids is 1. The van der Waals surface area contributed by atoms with Gasteiger partial charge in [-0.2, -0.15) is 0 Å². The Bertz CT molecular complexity index is 1180. The Balaban J connectivity index is 1.56. The van der Waals surface area contributed by atoms with E-state index in [-0.39, 0.29) is 12.1 Å². The molecule has 1 saturated carbocycles. The number of hydrogen-bond acceptors (Lipinski definition) is 4. The minimum atomic E-state index is -0.0196. The van der Waals surface area contributed by atoms with Crippen molar-refractivity contribution in [3.05, 3.63) is 90.0 Å². The molecule has 3 aromatic carbocycles. The summed E-state index contributed by atoms with van der Waals surface area (Å²) < 4.78 is 11.0. The monoisotopic (exact) mass is 498 g/mol. The first kappa shape index (κ1) is 25.3. The molecule has 2 aliphatic rings. The predicted octanol–water partition coefficient (Wildman–Crippen LogP) is 6.89. The van der Waals surface area contributed by atoms with Gasteiger partial charge in [0.1, 0.15) is 11.5 Å². The number of likely N-dealkylation sites (tertiary alicyclic amines) is 1. The van der Waals surface area contributed by atoms with E-state index in [9.17, 15) is 4.79 Å². The average molecular weight is 499 g/mol. The van der Waals surface area contributed by atoms with Crippen LogP contribution in [0.2, 0.25) is 0 Å². The molecular weight excluding hydrogens is 460 g/mol. The standard InChI is InChI=1S/C32H38N2O3/c1-36-27-16-10-14-25(22-27)32(35)34(26-15-11-17-28(23-26)37-2)31-20-8-9-21-33(31)30-19-7-6-18-29(30)24-12-4-3-5-13-24/h3-5,10-17,22-23,29-31H,6-9,18-21H2,1-2H3/t29-,30-,31?/m1/s1. The van der Waals surface area contributed by atoms with Gasteiger partial charge in [0.25, 0.3) is 5.91 Å². The average Bonchev–Trinajstić information content (AvgIpc) is 2.98. The van der Waals surface area contributed by atoms with Gasteiger partial charge in [-0.05, 0) is 73.9 Å². The fraction of sp³-hybridized carbons (Fsp3) is 0.406. The summed E-state index contributed by atoms with van der Waals surface area (Å²) in [4.78, 5) is 19.0. The summed E-state index contributed by atoms with van der Waals surface area (Å²) in [7, 11) is 3.31. The summed E-state index contributed by atoms with van der Waals surface area (Å²) in [6.07, 6.45) is 8.05. The molecule has 1 unspecified atom stereocenters. The Labute approximate surface area is 221 Å². The van der Waals surface area contributed by atoms with Crippen LogP contribution in [-0.4, -0.2) is 43.8 Å². The van der Waals surface area contributed by atoms with Crippen molar-refractivity contribution in [2.75, 3.05) is 25.7 Å². The number of amides is 1. The number of piperidine rings is 1. The Kier molecular flexibility index (Phi) is 8.10. The molecule has 3 atom stereocenters. The Morgan fingerprint density at radius 1 is 0.784 bits per heavy atom. The molecule has 0 radical (unpaired) electrons. The smallest absolute Gasteiger partial charge is 0.259 e. The van der Waals surface area contributed by atoms with Gasteiger partial charge in [0.2, 0.25) is 0 Å².